The smallest absolute Gasteiger partial charge is 0.258 e. The van der Waals surface area contributed by atoms with E-state index in [4.69, 9.17) is 4.42 Å². The Morgan fingerprint density at radius 1 is 1.23 bits per heavy atom. The van der Waals surface area contributed by atoms with E-state index in [-0.39, 0.29) is 23.3 Å². The van der Waals surface area contributed by atoms with Crippen molar-refractivity contribution >= 4 is 16.9 Å². The number of aromatic hydroxyl groups is 1. The maximum atomic E-state index is 12.5. The Bertz CT molecular complexity index is 1110. The summed E-state index contributed by atoms with van der Waals surface area (Å²) < 4.78 is 7.05. The van der Waals surface area contributed by atoms with Crippen molar-refractivity contribution in [3.63, 3.8) is 0 Å². The molecule has 0 unspecified atom stereocenters. The molecule has 0 saturated heterocycles. The van der Waals surface area contributed by atoms with Gasteiger partial charge in [-0.2, -0.15) is 0 Å². The van der Waals surface area contributed by atoms with Crippen molar-refractivity contribution in [2.75, 3.05) is 6.54 Å². The Morgan fingerprint density at radius 2 is 2.00 bits per heavy atom. The number of rotatable bonds is 4. The minimum atomic E-state index is -0.538. The van der Waals surface area contributed by atoms with Crippen LogP contribution in [0.4, 0.5) is 0 Å². The lowest BCUT2D eigenvalue weighted by molar-refractivity contribution is 0.0949. The molecule has 1 amide bonds. The summed E-state index contributed by atoms with van der Waals surface area (Å²) in [5.74, 6) is -0.853. The standard InChI is InChI=1S/C19H18N2O5/c1-11-3-4-13-16(9-11)26-10-14(18(13)24)19(25)20-6-8-21-7-5-15(22)17(23)12(21)2/h3-5,7,9-10,23H,6,8H2,1-2H3,(H,20,25). The van der Waals surface area contributed by atoms with Gasteiger partial charge in [-0.3, -0.25) is 14.4 Å². The molecule has 3 rings (SSSR count). The monoisotopic (exact) mass is 354 g/mol. The van der Waals surface area contributed by atoms with E-state index in [0.717, 1.165) is 11.8 Å². The predicted octanol–water partition coefficient (Wildman–Crippen LogP) is 1.71. The third-order valence-electron chi connectivity index (χ3n) is 4.23. The number of hydrogen-bond donors (Lipinski definition) is 2. The zero-order chi connectivity index (χ0) is 18.8. The second-order valence-electron chi connectivity index (χ2n) is 6.04. The minimum absolute atomic E-state index is 0.0687. The first-order chi connectivity index (χ1) is 12.4. The van der Waals surface area contributed by atoms with Crippen molar-refractivity contribution in [2.45, 2.75) is 20.4 Å². The van der Waals surface area contributed by atoms with E-state index in [0.29, 0.717) is 23.2 Å². The van der Waals surface area contributed by atoms with Crippen molar-refractivity contribution in [1.29, 1.82) is 0 Å². The second kappa shape index (κ2) is 6.87. The highest BCUT2D eigenvalue weighted by Crippen LogP contribution is 2.13. The van der Waals surface area contributed by atoms with Gasteiger partial charge in [-0.1, -0.05) is 6.07 Å². The summed E-state index contributed by atoms with van der Waals surface area (Å²) in [6.45, 7) is 4.05. The van der Waals surface area contributed by atoms with Crippen LogP contribution in [-0.4, -0.2) is 22.1 Å². The molecular weight excluding hydrogens is 336 g/mol. The lowest BCUT2D eigenvalue weighted by atomic mass is 10.1. The molecule has 0 aliphatic heterocycles. The summed E-state index contributed by atoms with van der Waals surface area (Å²) in [4.78, 5) is 36.1. The number of nitrogens with one attached hydrogen (secondary N) is 1. The van der Waals surface area contributed by atoms with Gasteiger partial charge < -0.3 is 19.4 Å². The zero-order valence-electron chi connectivity index (χ0n) is 14.4. The van der Waals surface area contributed by atoms with Gasteiger partial charge in [-0.05, 0) is 31.5 Å². The van der Waals surface area contributed by atoms with E-state index >= 15 is 0 Å². The molecule has 2 N–H and O–H groups in total. The van der Waals surface area contributed by atoms with Crippen LogP contribution < -0.4 is 16.2 Å². The molecule has 7 heteroatoms. The number of amides is 1. The van der Waals surface area contributed by atoms with Crippen molar-refractivity contribution in [3.8, 4) is 5.75 Å². The first-order valence-corrected chi connectivity index (χ1v) is 8.08. The normalized spacial score (nSPS) is 10.8. The summed E-state index contributed by atoms with van der Waals surface area (Å²) in [6, 6.07) is 6.42. The molecule has 3 aromatic rings. The van der Waals surface area contributed by atoms with E-state index in [2.05, 4.69) is 5.32 Å². The Hall–Kier alpha value is -3.35. The number of fused-ring (bicyclic) bond motifs is 1. The summed E-state index contributed by atoms with van der Waals surface area (Å²) in [5.41, 5.74) is 0.893. The van der Waals surface area contributed by atoms with Gasteiger partial charge in [-0.25, -0.2) is 0 Å². The van der Waals surface area contributed by atoms with Crippen LogP contribution in [0.5, 0.6) is 5.75 Å². The highest BCUT2D eigenvalue weighted by Gasteiger charge is 2.14. The van der Waals surface area contributed by atoms with Gasteiger partial charge in [0.1, 0.15) is 17.4 Å². The third-order valence-corrected chi connectivity index (χ3v) is 4.23. The lowest BCUT2D eigenvalue weighted by Crippen LogP contribution is -2.31. The van der Waals surface area contributed by atoms with Gasteiger partial charge in [0.05, 0.1) is 11.1 Å². The van der Waals surface area contributed by atoms with Gasteiger partial charge >= 0.3 is 0 Å². The molecule has 1 aromatic carbocycles. The minimum Gasteiger partial charge on any atom is -0.503 e. The average Bonchev–Trinajstić information content (AvgIpc) is 2.61. The van der Waals surface area contributed by atoms with Crippen LogP contribution in [0.15, 0.2) is 50.7 Å². The maximum absolute atomic E-state index is 12.5. The lowest BCUT2D eigenvalue weighted by Gasteiger charge is -2.12. The molecule has 0 aliphatic rings. The predicted molar refractivity (Wildman–Crippen MR) is 96.7 cm³/mol. The molecule has 0 radical (unpaired) electrons. The average molecular weight is 354 g/mol. The van der Waals surface area contributed by atoms with Gasteiger partial charge in [0.2, 0.25) is 10.9 Å². The van der Waals surface area contributed by atoms with E-state index in [1.165, 1.54) is 12.3 Å². The number of carbonyl (C=O) groups is 1. The molecule has 7 nitrogen and oxygen atoms in total. The molecule has 0 saturated carbocycles. The van der Waals surface area contributed by atoms with Crippen LogP contribution in [0.25, 0.3) is 11.0 Å². The summed E-state index contributed by atoms with van der Waals surface area (Å²) in [5, 5.41) is 12.7. The number of benzene rings is 1. The fourth-order valence-electron chi connectivity index (χ4n) is 2.68. The summed E-state index contributed by atoms with van der Waals surface area (Å²) in [6.07, 6.45) is 2.70. The Morgan fingerprint density at radius 3 is 2.77 bits per heavy atom. The number of aromatic nitrogens is 1. The van der Waals surface area contributed by atoms with E-state index in [9.17, 15) is 19.5 Å². The van der Waals surface area contributed by atoms with Crippen LogP contribution in [0.1, 0.15) is 21.6 Å². The van der Waals surface area contributed by atoms with Gasteiger partial charge in [0.25, 0.3) is 5.91 Å². The summed E-state index contributed by atoms with van der Waals surface area (Å²) in [7, 11) is 0. The molecular formula is C19H18N2O5. The van der Waals surface area contributed by atoms with Crippen molar-refractivity contribution < 1.29 is 14.3 Å². The maximum Gasteiger partial charge on any atom is 0.258 e. The molecule has 2 aromatic heterocycles. The largest absolute Gasteiger partial charge is 0.503 e. The number of pyridine rings is 1. The SMILES string of the molecule is Cc1ccc2c(=O)c(C(=O)NCCn3ccc(=O)c(O)c3C)coc2c1. The van der Waals surface area contributed by atoms with Crippen LogP contribution >= 0.6 is 0 Å². The number of aryl methyl sites for hydroxylation is 1. The highest BCUT2D eigenvalue weighted by molar-refractivity contribution is 5.96. The number of carbonyl (C=O) groups excluding carboxylic acids is 1. The molecule has 134 valence electrons. The van der Waals surface area contributed by atoms with Crippen LogP contribution in [0, 0.1) is 13.8 Å². The quantitative estimate of drug-likeness (QED) is 0.743. The molecule has 2 heterocycles. The van der Waals surface area contributed by atoms with E-state index in [1.54, 1.807) is 29.7 Å². The van der Waals surface area contributed by atoms with E-state index < -0.39 is 11.3 Å². The fourth-order valence-corrected chi connectivity index (χ4v) is 2.68. The Labute approximate surface area is 148 Å². The zero-order valence-corrected chi connectivity index (χ0v) is 14.4. The number of hydrogen-bond acceptors (Lipinski definition) is 5. The molecule has 0 bridgehead atoms. The molecule has 0 spiro atoms. The number of nitrogens with zero attached hydrogens (tertiary/aromatic N) is 1. The molecule has 0 fully saturated rings. The van der Waals surface area contributed by atoms with Crippen LogP contribution in [0.2, 0.25) is 0 Å². The van der Waals surface area contributed by atoms with Gasteiger partial charge in [0.15, 0.2) is 5.75 Å². The first-order valence-electron chi connectivity index (χ1n) is 8.08. The van der Waals surface area contributed by atoms with E-state index in [1.807, 2.05) is 6.92 Å². The van der Waals surface area contributed by atoms with Gasteiger partial charge in [0, 0.05) is 25.4 Å². The van der Waals surface area contributed by atoms with Crippen LogP contribution in [-0.2, 0) is 6.54 Å². The molecule has 0 aliphatic carbocycles. The Balaban J connectivity index is 1.75. The highest BCUT2D eigenvalue weighted by atomic mass is 16.3. The van der Waals surface area contributed by atoms with Crippen molar-refractivity contribution in [3.05, 3.63) is 74.0 Å². The fraction of sp³-hybridized carbons (Fsp3) is 0.211. The summed E-state index contributed by atoms with van der Waals surface area (Å²) >= 11 is 0. The van der Waals surface area contributed by atoms with Crippen LogP contribution in [0.3, 0.4) is 0 Å². The third kappa shape index (κ3) is 3.23. The topological polar surface area (TPSA) is 102 Å². The van der Waals surface area contributed by atoms with Crippen molar-refractivity contribution in [1.82, 2.24) is 9.88 Å². The van der Waals surface area contributed by atoms with Crippen molar-refractivity contribution in [2.24, 2.45) is 0 Å². The molecule has 0 atom stereocenters. The first kappa shape index (κ1) is 17.5. The van der Waals surface area contributed by atoms with Gasteiger partial charge in [-0.15, -0.1) is 0 Å². The second-order valence-corrected chi connectivity index (χ2v) is 6.04. The Kier molecular flexibility index (Phi) is 4.62. The molecule has 26 heavy (non-hydrogen) atoms.